The maximum Gasteiger partial charge on any atom is 0.342 e. The van der Waals surface area contributed by atoms with Gasteiger partial charge in [-0.3, -0.25) is 0 Å². The Labute approximate surface area is 204 Å². The molecule has 184 valence electrons. The smallest absolute Gasteiger partial charge is 0.342 e. The molecule has 0 aliphatic heterocycles. The van der Waals surface area contributed by atoms with Crippen LogP contribution in [0, 0.1) is 0 Å². The van der Waals surface area contributed by atoms with Crippen molar-refractivity contribution in [2.24, 2.45) is 0 Å². The molecule has 10 heteroatoms. The van der Waals surface area contributed by atoms with Crippen molar-refractivity contribution in [3.05, 3.63) is 66.2 Å². The third-order valence-electron chi connectivity index (χ3n) is 5.33. The monoisotopic (exact) mass is 497 g/mol. The Morgan fingerprint density at radius 1 is 0.971 bits per heavy atom. The van der Waals surface area contributed by atoms with E-state index >= 15 is 0 Å². The van der Waals surface area contributed by atoms with Crippen molar-refractivity contribution in [1.82, 2.24) is 10.2 Å². The first-order chi connectivity index (χ1) is 16.8. The van der Waals surface area contributed by atoms with Crippen LogP contribution in [0.25, 0.3) is 22.4 Å². The molecule has 1 aromatic heterocycles. The number of esters is 1. The summed E-state index contributed by atoms with van der Waals surface area (Å²) in [5, 5.41) is 21.0. The summed E-state index contributed by atoms with van der Waals surface area (Å²) in [6.45, 7) is 3.25. The molecule has 3 rings (SSSR count). The molecule has 0 saturated carbocycles. The third-order valence-corrected chi connectivity index (χ3v) is 7.07. The van der Waals surface area contributed by atoms with E-state index in [1.54, 1.807) is 19.1 Å². The average Bonchev–Trinajstić information content (AvgIpc) is 2.87. The SMILES string of the molecule is CCOC(=O)c1c(NC(CCS(=O)(=O)CC)C(=O)O)nnc(-c2ccccc2)c1-c1ccccc1. The van der Waals surface area contributed by atoms with Crippen LogP contribution in [0.4, 0.5) is 5.82 Å². The van der Waals surface area contributed by atoms with E-state index in [1.165, 1.54) is 6.92 Å². The highest BCUT2D eigenvalue weighted by Gasteiger charge is 2.29. The van der Waals surface area contributed by atoms with Gasteiger partial charge in [0.1, 0.15) is 27.1 Å². The van der Waals surface area contributed by atoms with Gasteiger partial charge in [0.15, 0.2) is 5.82 Å². The summed E-state index contributed by atoms with van der Waals surface area (Å²) < 4.78 is 29.2. The second kappa shape index (κ2) is 11.6. The van der Waals surface area contributed by atoms with Crippen molar-refractivity contribution < 1.29 is 27.9 Å². The lowest BCUT2D eigenvalue weighted by Gasteiger charge is -2.20. The van der Waals surface area contributed by atoms with Gasteiger partial charge >= 0.3 is 11.9 Å². The van der Waals surface area contributed by atoms with E-state index in [2.05, 4.69) is 15.5 Å². The largest absolute Gasteiger partial charge is 0.480 e. The minimum atomic E-state index is -3.40. The standard InChI is InChI=1S/C25H27N3O6S/c1-3-34-25(31)21-20(17-11-7-5-8-12-17)22(18-13-9-6-10-14-18)27-28-23(21)26-19(24(29)30)15-16-35(32,33)4-2/h5-14,19H,3-4,15-16H2,1-2H3,(H,26,28)(H,29,30). The van der Waals surface area contributed by atoms with Gasteiger partial charge in [0, 0.05) is 16.9 Å². The number of nitrogens with one attached hydrogen (secondary N) is 1. The molecule has 3 aromatic rings. The number of aliphatic carboxylic acids is 1. The first-order valence-electron chi connectivity index (χ1n) is 11.2. The number of hydrogen-bond donors (Lipinski definition) is 2. The van der Waals surface area contributed by atoms with Gasteiger partial charge in [-0.15, -0.1) is 10.2 Å². The molecule has 0 amide bonds. The van der Waals surface area contributed by atoms with Gasteiger partial charge < -0.3 is 15.2 Å². The second-order valence-electron chi connectivity index (χ2n) is 7.66. The Hall–Kier alpha value is -3.79. The number of anilines is 1. The maximum absolute atomic E-state index is 13.2. The predicted molar refractivity (Wildman–Crippen MR) is 133 cm³/mol. The van der Waals surface area contributed by atoms with E-state index in [9.17, 15) is 23.1 Å². The van der Waals surface area contributed by atoms with Crippen LogP contribution in [0.2, 0.25) is 0 Å². The average molecular weight is 498 g/mol. The molecule has 0 fully saturated rings. The fraction of sp³-hybridized carbons (Fsp3) is 0.280. The molecule has 0 aliphatic rings. The summed E-state index contributed by atoms with van der Waals surface area (Å²) in [5.41, 5.74) is 2.24. The van der Waals surface area contributed by atoms with Crippen LogP contribution in [0.5, 0.6) is 0 Å². The summed E-state index contributed by atoms with van der Waals surface area (Å²) in [6.07, 6.45) is -0.212. The van der Waals surface area contributed by atoms with Gasteiger partial charge in [0.2, 0.25) is 0 Å². The number of nitrogens with zero attached hydrogens (tertiary/aromatic N) is 2. The van der Waals surface area contributed by atoms with Crippen LogP contribution in [-0.2, 0) is 19.4 Å². The van der Waals surface area contributed by atoms with Crippen molar-refractivity contribution in [2.75, 3.05) is 23.4 Å². The Balaban J connectivity index is 2.19. The van der Waals surface area contributed by atoms with Crippen LogP contribution in [0.15, 0.2) is 60.7 Å². The zero-order valence-corrected chi connectivity index (χ0v) is 20.3. The molecule has 0 bridgehead atoms. The zero-order chi connectivity index (χ0) is 25.4. The lowest BCUT2D eigenvalue weighted by molar-refractivity contribution is -0.137. The number of carbonyl (C=O) groups excluding carboxylic acids is 1. The highest BCUT2D eigenvalue weighted by Crippen LogP contribution is 2.36. The number of sulfone groups is 1. The number of hydrogen-bond acceptors (Lipinski definition) is 8. The number of benzene rings is 2. The quantitative estimate of drug-likeness (QED) is 0.380. The Kier molecular flexibility index (Phi) is 8.53. The number of ether oxygens (including phenoxy) is 1. The molecule has 2 N–H and O–H groups in total. The van der Waals surface area contributed by atoms with E-state index in [0.717, 1.165) is 0 Å². The molecular weight excluding hydrogens is 470 g/mol. The topological polar surface area (TPSA) is 136 Å². The van der Waals surface area contributed by atoms with E-state index in [0.29, 0.717) is 22.4 Å². The Morgan fingerprint density at radius 3 is 2.11 bits per heavy atom. The molecule has 1 heterocycles. The molecule has 0 radical (unpaired) electrons. The van der Waals surface area contributed by atoms with Crippen LogP contribution >= 0.6 is 0 Å². The van der Waals surface area contributed by atoms with Gasteiger partial charge in [-0.25, -0.2) is 18.0 Å². The van der Waals surface area contributed by atoms with Gasteiger partial charge in [-0.1, -0.05) is 67.6 Å². The van der Waals surface area contributed by atoms with Gasteiger partial charge in [0.25, 0.3) is 0 Å². The number of carboxylic acids is 1. The molecule has 9 nitrogen and oxygen atoms in total. The van der Waals surface area contributed by atoms with Gasteiger partial charge in [-0.05, 0) is 18.9 Å². The molecule has 0 aliphatic carbocycles. The van der Waals surface area contributed by atoms with E-state index in [-0.39, 0.29) is 35.9 Å². The van der Waals surface area contributed by atoms with Crippen molar-refractivity contribution in [1.29, 1.82) is 0 Å². The predicted octanol–water partition coefficient (Wildman–Crippen LogP) is 3.68. The summed E-state index contributed by atoms with van der Waals surface area (Å²) in [4.78, 5) is 25.1. The Bertz CT molecular complexity index is 1280. The number of carbonyl (C=O) groups is 2. The van der Waals surface area contributed by atoms with Crippen LogP contribution in [-0.4, -0.2) is 59.8 Å². The van der Waals surface area contributed by atoms with Crippen LogP contribution < -0.4 is 5.32 Å². The molecule has 1 unspecified atom stereocenters. The minimum Gasteiger partial charge on any atom is -0.480 e. The summed E-state index contributed by atoms with van der Waals surface area (Å²) >= 11 is 0. The third kappa shape index (κ3) is 6.42. The number of carboxylic acid groups (broad SMARTS) is 1. The van der Waals surface area contributed by atoms with Crippen molar-refractivity contribution in [3.8, 4) is 22.4 Å². The number of aromatic nitrogens is 2. The summed E-state index contributed by atoms with van der Waals surface area (Å²) in [7, 11) is -3.40. The molecular formula is C25H27N3O6S. The number of rotatable bonds is 11. The first-order valence-corrected chi connectivity index (χ1v) is 13.0. The summed E-state index contributed by atoms with van der Waals surface area (Å²) in [6, 6.07) is 16.9. The van der Waals surface area contributed by atoms with Gasteiger partial charge in [0.05, 0.1) is 12.4 Å². The van der Waals surface area contributed by atoms with Crippen molar-refractivity contribution in [2.45, 2.75) is 26.3 Å². The van der Waals surface area contributed by atoms with Crippen molar-refractivity contribution in [3.63, 3.8) is 0 Å². The van der Waals surface area contributed by atoms with E-state index in [4.69, 9.17) is 4.74 Å². The maximum atomic E-state index is 13.2. The normalized spacial score (nSPS) is 12.1. The molecule has 0 spiro atoms. The fourth-order valence-corrected chi connectivity index (χ4v) is 4.37. The van der Waals surface area contributed by atoms with Crippen LogP contribution in [0.1, 0.15) is 30.6 Å². The molecule has 35 heavy (non-hydrogen) atoms. The first kappa shape index (κ1) is 25.8. The highest BCUT2D eigenvalue weighted by molar-refractivity contribution is 7.91. The van der Waals surface area contributed by atoms with E-state index in [1.807, 2.05) is 48.5 Å². The van der Waals surface area contributed by atoms with E-state index < -0.39 is 27.8 Å². The molecule has 0 saturated heterocycles. The zero-order valence-electron chi connectivity index (χ0n) is 19.5. The lowest BCUT2D eigenvalue weighted by Crippen LogP contribution is -2.33. The second-order valence-corrected chi connectivity index (χ2v) is 10.1. The highest BCUT2D eigenvalue weighted by atomic mass is 32.2. The summed E-state index contributed by atoms with van der Waals surface area (Å²) in [5.74, 6) is -2.50. The molecule has 1 atom stereocenters. The molecule has 2 aromatic carbocycles. The Morgan fingerprint density at radius 2 is 1.57 bits per heavy atom. The van der Waals surface area contributed by atoms with Crippen LogP contribution in [0.3, 0.4) is 0 Å². The minimum absolute atomic E-state index is 0.0245. The lowest BCUT2D eigenvalue weighted by atomic mass is 9.95. The fourth-order valence-electron chi connectivity index (χ4n) is 3.49. The van der Waals surface area contributed by atoms with Crippen molar-refractivity contribution >= 4 is 27.6 Å². The van der Waals surface area contributed by atoms with Gasteiger partial charge in [-0.2, -0.15) is 0 Å².